The van der Waals surface area contributed by atoms with E-state index in [0.29, 0.717) is 12.5 Å². The van der Waals surface area contributed by atoms with Gasteiger partial charge in [0.05, 0.1) is 6.61 Å². The number of hydrogen-bond acceptors (Lipinski definition) is 2. The number of hydrogen-bond donors (Lipinski definition) is 0. The van der Waals surface area contributed by atoms with Crippen LogP contribution in [0.15, 0.2) is 24.3 Å². The molecule has 1 aliphatic rings. The Labute approximate surface area is 123 Å². The molecule has 0 aliphatic carbocycles. The molecule has 1 unspecified atom stereocenters. The van der Waals surface area contributed by atoms with Gasteiger partial charge in [-0.05, 0) is 49.9 Å². The monoisotopic (exact) mass is 325 g/mol. The van der Waals surface area contributed by atoms with Gasteiger partial charge >= 0.3 is 0 Å². The fraction of sp³-hybridized carbons (Fsp3) is 0.533. The summed E-state index contributed by atoms with van der Waals surface area (Å²) >= 11 is 3.47. The largest absolute Gasteiger partial charge is 0.494 e. The molecule has 0 bridgehead atoms. The Morgan fingerprint density at radius 2 is 2.16 bits per heavy atom. The van der Waals surface area contributed by atoms with Gasteiger partial charge in [-0.15, -0.1) is 0 Å². The van der Waals surface area contributed by atoms with Crippen LogP contribution in [0.5, 0.6) is 5.75 Å². The van der Waals surface area contributed by atoms with Gasteiger partial charge in [0.15, 0.2) is 0 Å². The highest BCUT2D eigenvalue weighted by Crippen LogP contribution is 2.22. The number of carbonyl (C=O) groups is 1. The van der Waals surface area contributed by atoms with E-state index < -0.39 is 0 Å². The Morgan fingerprint density at radius 1 is 1.42 bits per heavy atom. The van der Waals surface area contributed by atoms with Crippen LogP contribution in [-0.2, 0) is 0 Å². The molecule has 1 fully saturated rings. The first-order valence-electron chi connectivity index (χ1n) is 6.82. The lowest BCUT2D eigenvalue weighted by molar-refractivity contribution is 0.0787. The molecule has 0 aromatic heterocycles. The first-order valence-corrected chi connectivity index (χ1v) is 7.94. The van der Waals surface area contributed by atoms with Crippen molar-refractivity contribution >= 4 is 21.8 Å². The van der Waals surface area contributed by atoms with Gasteiger partial charge in [-0.1, -0.05) is 15.9 Å². The lowest BCUT2D eigenvalue weighted by Crippen LogP contribution is -2.28. The molecule has 3 nitrogen and oxygen atoms in total. The molecule has 19 heavy (non-hydrogen) atoms. The fourth-order valence-electron chi connectivity index (χ4n) is 2.45. The molecule has 1 atom stereocenters. The number of rotatable bonds is 5. The number of carbonyl (C=O) groups excluding carboxylic acids is 1. The molecule has 1 amide bonds. The fourth-order valence-corrected chi connectivity index (χ4v) is 3.10. The van der Waals surface area contributed by atoms with Crippen LogP contribution >= 0.6 is 15.9 Å². The maximum Gasteiger partial charge on any atom is 0.253 e. The van der Waals surface area contributed by atoms with Crippen molar-refractivity contribution in [3.63, 3.8) is 0 Å². The average molecular weight is 326 g/mol. The standard InChI is InChI=1S/C15H20BrNO2/c1-2-19-14-5-3-13(4-6-14)15(18)17-10-8-12(11-17)7-9-16/h3-6,12H,2,7-11H2,1H3. The van der Waals surface area contributed by atoms with Crippen LogP contribution in [0.3, 0.4) is 0 Å². The Balaban J connectivity index is 1.96. The lowest BCUT2D eigenvalue weighted by Gasteiger charge is -2.16. The molecular weight excluding hydrogens is 306 g/mol. The Kier molecular flexibility index (Phi) is 5.25. The second-order valence-electron chi connectivity index (χ2n) is 4.84. The first-order chi connectivity index (χ1) is 9.24. The number of likely N-dealkylation sites (tertiary alicyclic amines) is 1. The molecule has 4 heteroatoms. The summed E-state index contributed by atoms with van der Waals surface area (Å²) in [6.07, 6.45) is 2.27. The SMILES string of the molecule is CCOc1ccc(C(=O)N2CCC(CCBr)C2)cc1. The minimum absolute atomic E-state index is 0.139. The van der Waals surface area contributed by atoms with E-state index in [1.807, 2.05) is 36.1 Å². The zero-order chi connectivity index (χ0) is 13.7. The van der Waals surface area contributed by atoms with Crippen LogP contribution in [0.1, 0.15) is 30.1 Å². The summed E-state index contributed by atoms with van der Waals surface area (Å²) in [6, 6.07) is 7.43. The van der Waals surface area contributed by atoms with E-state index in [1.54, 1.807) is 0 Å². The van der Waals surface area contributed by atoms with E-state index in [-0.39, 0.29) is 5.91 Å². The van der Waals surface area contributed by atoms with Crippen molar-refractivity contribution in [2.24, 2.45) is 5.92 Å². The highest BCUT2D eigenvalue weighted by molar-refractivity contribution is 9.09. The minimum Gasteiger partial charge on any atom is -0.494 e. The summed E-state index contributed by atoms with van der Waals surface area (Å²) in [6.45, 7) is 4.36. The minimum atomic E-state index is 0.139. The van der Waals surface area contributed by atoms with Crippen molar-refractivity contribution in [1.29, 1.82) is 0 Å². The van der Waals surface area contributed by atoms with Crippen molar-refractivity contribution in [2.75, 3.05) is 25.0 Å². The van der Waals surface area contributed by atoms with E-state index in [2.05, 4.69) is 15.9 Å². The highest BCUT2D eigenvalue weighted by atomic mass is 79.9. The number of benzene rings is 1. The predicted molar refractivity (Wildman–Crippen MR) is 80.0 cm³/mol. The van der Waals surface area contributed by atoms with Gasteiger partial charge in [0.1, 0.15) is 5.75 Å². The third kappa shape index (κ3) is 3.72. The molecule has 1 aliphatic heterocycles. The second kappa shape index (κ2) is 6.94. The molecule has 1 saturated heterocycles. The van der Waals surface area contributed by atoms with Crippen LogP contribution in [0, 0.1) is 5.92 Å². The van der Waals surface area contributed by atoms with Crippen LogP contribution in [0.2, 0.25) is 0 Å². The van der Waals surface area contributed by atoms with Gasteiger partial charge in [-0.3, -0.25) is 4.79 Å². The van der Waals surface area contributed by atoms with Gasteiger partial charge in [0.25, 0.3) is 5.91 Å². The topological polar surface area (TPSA) is 29.5 Å². The maximum atomic E-state index is 12.3. The molecular formula is C15H20BrNO2. The van der Waals surface area contributed by atoms with E-state index in [1.165, 1.54) is 0 Å². The first kappa shape index (κ1) is 14.4. The molecule has 0 saturated carbocycles. The molecule has 0 radical (unpaired) electrons. The van der Waals surface area contributed by atoms with E-state index >= 15 is 0 Å². The lowest BCUT2D eigenvalue weighted by atomic mass is 10.1. The van der Waals surface area contributed by atoms with Crippen molar-refractivity contribution < 1.29 is 9.53 Å². The van der Waals surface area contributed by atoms with E-state index in [9.17, 15) is 4.79 Å². The Morgan fingerprint density at radius 3 is 2.79 bits per heavy atom. The number of amides is 1. The zero-order valence-electron chi connectivity index (χ0n) is 11.3. The van der Waals surface area contributed by atoms with Crippen LogP contribution in [0.4, 0.5) is 0 Å². The number of nitrogens with zero attached hydrogens (tertiary/aromatic N) is 1. The van der Waals surface area contributed by atoms with Gasteiger partial charge in [0.2, 0.25) is 0 Å². The van der Waals surface area contributed by atoms with Gasteiger partial charge in [0, 0.05) is 24.0 Å². The Hall–Kier alpha value is -1.03. The number of halogens is 1. The molecule has 0 N–H and O–H groups in total. The normalized spacial score (nSPS) is 18.6. The molecule has 104 valence electrons. The molecule has 2 rings (SSSR count). The zero-order valence-corrected chi connectivity index (χ0v) is 12.9. The van der Waals surface area contributed by atoms with E-state index in [0.717, 1.165) is 42.6 Å². The third-order valence-electron chi connectivity index (χ3n) is 3.50. The predicted octanol–water partition coefficient (Wildman–Crippen LogP) is 3.33. The quantitative estimate of drug-likeness (QED) is 0.777. The van der Waals surface area contributed by atoms with Crippen molar-refractivity contribution in [1.82, 2.24) is 4.90 Å². The number of alkyl halides is 1. The number of ether oxygens (including phenoxy) is 1. The summed E-state index contributed by atoms with van der Waals surface area (Å²) in [5.41, 5.74) is 0.753. The van der Waals surface area contributed by atoms with Crippen LogP contribution in [-0.4, -0.2) is 35.8 Å². The summed E-state index contributed by atoms with van der Waals surface area (Å²) in [4.78, 5) is 14.3. The van der Waals surface area contributed by atoms with Crippen molar-refractivity contribution in [2.45, 2.75) is 19.8 Å². The average Bonchev–Trinajstić information content (AvgIpc) is 2.88. The van der Waals surface area contributed by atoms with Crippen molar-refractivity contribution in [3.05, 3.63) is 29.8 Å². The summed E-state index contributed by atoms with van der Waals surface area (Å²) in [7, 11) is 0. The molecule has 1 aromatic rings. The van der Waals surface area contributed by atoms with Gasteiger partial charge < -0.3 is 9.64 Å². The van der Waals surface area contributed by atoms with Crippen LogP contribution < -0.4 is 4.74 Å². The maximum absolute atomic E-state index is 12.3. The summed E-state index contributed by atoms with van der Waals surface area (Å²) in [5.74, 6) is 1.60. The van der Waals surface area contributed by atoms with Gasteiger partial charge in [-0.25, -0.2) is 0 Å². The van der Waals surface area contributed by atoms with E-state index in [4.69, 9.17) is 4.74 Å². The summed E-state index contributed by atoms with van der Waals surface area (Å²) < 4.78 is 5.38. The van der Waals surface area contributed by atoms with Crippen LogP contribution in [0.25, 0.3) is 0 Å². The Bertz CT molecular complexity index is 419. The summed E-state index contributed by atoms with van der Waals surface area (Å²) in [5, 5.41) is 1.02. The third-order valence-corrected chi connectivity index (χ3v) is 3.96. The van der Waals surface area contributed by atoms with Crippen molar-refractivity contribution in [3.8, 4) is 5.75 Å². The van der Waals surface area contributed by atoms with Gasteiger partial charge in [-0.2, -0.15) is 0 Å². The molecule has 1 aromatic carbocycles. The smallest absolute Gasteiger partial charge is 0.253 e. The molecule has 1 heterocycles. The molecule has 0 spiro atoms. The highest BCUT2D eigenvalue weighted by Gasteiger charge is 2.26. The second-order valence-corrected chi connectivity index (χ2v) is 5.63.